The van der Waals surface area contributed by atoms with Gasteiger partial charge in [0.15, 0.2) is 12.3 Å². The van der Waals surface area contributed by atoms with Crippen molar-refractivity contribution in [2.24, 2.45) is 0 Å². The SMILES string of the molecule is CCNC(=O)COC(=O)c1cnc(C)cn1. The van der Waals surface area contributed by atoms with Crippen LogP contribution in [0.1, 0.15) is 23.1 Å². The number of carbonyl (C=O) groups is 2. The maximum Gasteiger partial charge on any atom is 0.359 e. The van der Waals surface area contributed by atoms with Gasteiger partial charge < -0.3 is 10.1 Å². The molecule has 0 fully saturated rings. The van der Waals surface area contributed by atoms with Gasteiger partial charge in [0, 0.05) is 12.7 Å². The highest BCUT2D eigenvalue weighted by molar-refractivity contribution is 5.89. The second-order valence-corrected chi connectivity index (χ2v) is 3.07. The molecule has 16 heavy (non-hydrogen) atoms. The number of nitrogens with one attached hydrogen (secondary N) is 1. The Morgan fingerprint density at radius 2 is 2.12 bits per heavy atom. The molecular formula is C10H13N3O3. The number of likely N-dealkylation sites (N-methyl/N-ethyl adjacent to an activating group) is 1. The van der Waals surface area contributed by atoms with E-state index >= 15 is 0 Å². The molecule has 0 spiro atoms. The lowest BCUT2D eigenvalue weighted by Crippen LogP contribution is -2.28. The number of ether oxygens (including phenoxy) is 1. The van der Waals surface area contributed by atoms with Crippen LogP contribution < -0.4 is 5.32 Å². The standard InChI is InChI=1S/C10H13N3O3/c1-3-11-9(14)6-16-10(15)8-5-12-7(2)4-13-8/h4-5H,3,6H2,1-2H3,(H,11,14). The van der Waals surface area contributed by atoms with Crippen LogP contribution in [-0.4, -0.2) is 35.0 Å². The molecule has 6 nitrogen and oxygen atoms in total. The maximum atomic E-state index is 11.4. The van der Waals surface area contributed by atoms with E-state index in [1.807, 2.05) is 0 Å². The molecule has 1 heterocycles. The van der Waals surface area contributed by atoms with E-state index in [4.69, 9.17) is 4.74 Å². The minimum atomic E-state index is -0.654. The van der Waals surface area contributed by atoms with Crippen LogP contribution in [0.25, 0.3) is 0 Å². The summed E-state index contributed by atoms with van der Waals surface area (Å²) in [6, 6.07) is 0. The summed E-state index contributed by atoms with van der Waals surface area (Å²) in [5.74, 6) is -0.991. The molecule has 1 aromatic heterocycles. The molecule has 0 unspecified atom stereocenters. The number of amides is 1. The third kappa shape index (κ3) is 3.64. The Morgan fingerprint density at radius 1 is 1.38 bits per heavy atom. The Labute approximate surface area is 93.0 Å². The minimum absolute atomic E-state index is 0.0925. The van der Waals surface area contributed by atoms with Gasteiger partial charge in [-0.25, -0.2) is 9.78 Å². The van der Waals surface area contributed by atoms with E-state index < -0.39 is 5.97 Å². The lowest BCUT2D eigenvalue weighted by atomic mass is 10.4. The summed E-state index contributed by atoms with van der Waals surface area (Å²) >= 11 is 0. The normalized spacial score (nSPS) is 9.62. The first kappa shape index (κ1) is 12.1. The van der Waals surface area contributed by atoms with Gasteiger partial charge in [-0.1, -0.05) is 0 Å². The molecule has 1 rings (SSSR count). The van der Waals surface area contributed by atoms with Gasteiger partial charge in [0.2, 0.25) is 0 Å². The predicted octanol–water partition coefficient (Wildman–Crippen LogP) is 0.0779. The van der Waals surface area contributed by atoms with Crippen molar-refractivity contribution in [1.82, 2.24) is 15.3 Å². The highest BCUT2D eigenvalue weighted by atomic mass is 16.5. The molecule has 1 N–H and O–H groups in total. The summed E-state index contributed by atoms with van der Waals surface area (Å²) in [6.45, 7) is 3.74. The molecule has 0 aliphatic rings. The topological polar surface area (TPSA) is 81.2 Å². The number of aromatic nitrogens is 2. The molecule has 0 aliphatic heterocycles. The van der Waals surface area contributed by atoms with Gasteiger partial charge in [-0.2, -0.15) is 0 Å². The average Bonchev–Trinajstić information content (AvgIpc) is 2.27. The Kier molecular flexibility index (Phi) is 4.38. The van der Waals surface area contributed by atoms with E-state index in [1.54, 1.807) is 13.8 Å². The van der Waals surface area contributed by atoms with Gasteiger partial charge >= 0.3 is 5.97 Å². The zero-order valence-corrected chi connectivity index (χ0v) is 9.19. The van der Waals surface area contributed by atoms with Crippen LogP contribution in [-0.2, 0) is 9.53 Å². The predicted molar refractivity (Wildman–Crippen MR) is 55.7 cm³/mol. The number of hydrogen-bond donors (Lipinski definition) is 1. The lowest BCUT2D eigenvalue weighted by Gasteiger charge is -2.03. The van der Waals surface area contributed by atoms with E-state index in [2.05, 4.69) is 15.3 Å². The van der Waals surface area contributed by atoms with Crippen molar-refractivity contribution in [3.63, 3.8) is 0 Å². The number of rotatable bonds is 4. The molecule has 0 atom stereocenters. The van der Waals surface area contributed by atoms with E-state index in [0.29, 0.717) is 12.2 Å². The fourth-order valence-corrected chi connectivity index (χ4v) is 0.951. The quantitative estimate of drug-likeness (QED) is 0.731. The third-order valence-electron chi connectivity index (χ3n) is 1.70. The van der Waals surface area contributed by atoms with Gasteiger partial charge in [0.1, 0.15) is 0 Å². The first-order valence-corrected chi connectivity index (χ1v) is 4.86. The Morgan fingerprint density at radius 3 is 2.69 bits per heavy atom. The third-order valence-corrected chi connectivity index (χ3v) is 1.70. The second-order valence-electron chi connectivity index (χ2n) is 3.07. The Bertz CT molecular complexity index is 375. The van der Waals surface area contributed by atoms with Gasteiger partial charge in [0.25, 0.3) is 5.91 Å². The highest BCUT2D eigenvalue weighted by Gasteiger charge is 2.10. The average molecular weight is 223 g/mol. The molecule has 1 aromatic rings. The van der Waals surface area contributed by atoms with Crippen LogP contribution >= 0.6 is 0 Å². The van der Waals surface area contributed by atoms with Crippen LogP contribution in [0, 0.1) is 6.92 Å². The molecule has 86 valence electrons. The van der Waals surface area contributed by atoms with Crippen molar-refractivity contribution in [2.45, 2.75) is 13.8 Å². The van der Waals surface area contributed by atoms with Crippen molar-refractivity contribution in [3.8, 4) is 0 Å². The van der Waals surface area contributed by atoms with Crippen molar-refractivity contribution in [2.75, 3.05) is 13.2 Å². The van der Waals surface area contributed by atoms with E-state index in [9.17, 15) is 9.59 Å². The zero-order valence-electron chi connectivity index (χ0n) is 9.19. The summed E-state index contributed by atoms with van der Waals surface area (Å²) < 4.78 is 4.73. The molecule has 0 bridgehead atoms. The van der Waals surface area contributed by atoms with E-state index in [1.165, 1.54) is 12.4 Å². The molecule has 0 aromatic carbocycles. The largest absolute Gasteiger partial charge is 0.451 e. The van der Waals surface area contributed by atoms with E-state index in [-0.39, 0.29) is 18.2 Å². The van der Waals surface area contributed by atoms with Gasteiger partial charge in [-0.15, -0.1) is 0 Å². The molecule has 1 amide bonds. The van der Waals surface area contributed by atoms with Crippen LogP contribution in [0.2, 0.25) is 0 Å². The summed E-state index contributed by atoms with van der Waals surface area (Å²) in [6.07, 6.45) is 2.78. The fourth-order valence-electron chi connectivity index (χ4n) is 0.951. The second kappa shape index (κ2) is 5.79. The first-order chi connectivity index (χ1) is 7.63. The molecule has 0 saturated carbocycles. The summed E-state index contributed by atoms with van der Waals surface area (Å²) in [5, 5.41) is 2.51. The Balaban J connectivity index is 2.47. The van der Waals surface area contributed by atoms with Crippen LogP contribution in [0.15, 0.2) is 12.4 Å². The van der Waals surface area contributed by atoms with E-state index in [0.717, 1.165) is 0 Å². The highest BCUT2D eigenvalue weighted by Crippen LogP contribution is 1.96. The smallest absolute Gasteiger partial charge is 0.359 e. The van der Waals surface area contributed by atoms with Crippen LogP contribution in [0.4, 0.5) is 0 Å². The van der Waals surface area contributed by atoms with Crippen LogP contribution in [0.3, 0.4) is 0 Å². The number of aryl methyl sites for hydroxylation is 1. The van der Waals surface area contributed by atoms with Crippen molar-refractivity contribution in [1.29, 1.82) is 0 Å². The van der Waals surface area contributed by atoms with Crippen LogP contribution in [0.5, 0.6) is 0 Å². The first-order valence-electron chi connectivity index (χ1n) is 4.86. The molecular weight excluding hydrogens is 210 g/mol. The zero-order chi connectivity index (χ0) is 12.0. The van der Waals surface area contributed by atoms with Gasteiger partial charge in [-0.3, -0.25) is 9.78 Å². The van der Waals surface area contributed by atoms with Gasteiger partial charge in [0.05, 0.1) is 11.9 Å². The number of nitrogens with zero attached hydrogens (tertiary/aromatic N) is 2. The maximum absolute atomic E-state index is 11.4. The van der Waals surface area contributed by atoms with Crippen molar-refractivity contribution in [3.05, 3.63) is 23.8 Å². The Hall–Kier alpha value is -1.98. The van der Waals surface area contributed by atoms with Gasteiger partial charge in [-0.05, 0) is 13.8 Å². The molecule has 6 heteroatoms. The number of esters is 1. The molecule has 0 aliphatic carbocycles. The monoisotopic (exact) mass is 223 g/mol. The summed E-state index contributed by atoms with van der Waals surface area (Å²) in [7, 11) is 0. The minimum Gasteiger partial charge on any atom is -0.451 e. The number of carbonyl (C=O) groups excluding carboxylic acids is 2. The lowest BCUT2D eigenvalue weighted by molar-refractivity contribution is -0.124. The molecule has 0 radical (unpaired) electrons. The van der Waals surface area contributed by atoms with Crippen molar-refractivity contribution >= 4 is 11.9 Å². The summed E-state index contributed by atoms with van der Waals surface area (Å²) in [4.78, 5) is 30.1. The summed E-state index contributed by atoms with van der Waals surface area (Å²) in [5.41, 5.74) is 0.801. The molecule has 0 saturated heterocycles. The number of hydrogen-bond acceptors (Lipinski definition) is 5. The van der Waals surface area contributed by atoms with Crippen molar-refractivity contribution < 1.29 is 14.3 Å². The fraction of sp³-hybridized carbons (Fsp3) is 0.400.